The van der Waals surface area contributed by atoms with Crippen LogP contribution in [0.3, 0.4) is 0 Å². The minimum atomic E-state index is 0.135. The molecule has 0 spiro atoms. The Hall–Kier alpha value is -3.62. The summed E-state index contributed by atoms with van der Waals surface area (Å²) in [5.41, 5.74) is 6.90. The summed E-state index contributed by atoms with van der Waals surface area (Å²) in [5.74, 6) is 0.912. The van der Waals surface area contributed by atoms with Crippen LogP contribution in [0.4, 0.5) is 11.5 Å². The van der Waals surface area contributed by atoms with Crippen LogP contribution in [-0.4, -0.2) is 70.6 Å². The number of rotatable bonds is 7. The average Bonchev–Trinajstić information content (AvgIpc) is 3.39. The van der Waals surface area contributed by atoms with Crippen molar-refractivity contribution in [3.8, 4) is 11.1 Å². The van der Waals surface area contributed by atoms with Crippen molar-refractivity contribution in [3.63, 3.8) is 0 Å². The first-order chi connectivity index (χ1) is 19.9. The normalized spacial score (nSPS) is 19.8. The molecule has 41 heavy (non-hydrogen) atoms. The number of pyridine rings is 2. The summed E-state index contributed by atoms with van der Waals surface area (Å²) in [6.45, 7) is 8.54. The lowest BCUT2D eigenvalue weighted by atomic mass is 9.91. The molecule has 1 aliphatic carbocycles. The van der Waals surface area contributed by atoms with E-state index in [1.807, 2.05) is 18.3 Å². The Morgan fingerprint density at radius 2 is 1.73 bits per heavy atom. The molecule has 2 aliphatic rings. The van der Waals surface area contributed by atoms with Crippen molar-refractivity contribution in [1.82, 2.24) is 25.2 Å². The molecule has 9 heteroatoms. The lowest BCUT2D eigenvalue weighted by Crippen LogP contribution is -2.51. The smallest absolute Gasteiger partial charge is 0.234 e. The molecule has 3 N–H and O–H groups in total. The van der Waals surface area contributed by atoms with Gasteiger partial charge in [-0.3, -0.25) is 9.69 Å². The van der Waals surface area contributed by atoms with Crippen LogP contribution >= 0.6 is 11.6 Å². The molecule has 2 fully saturated rings. The highest BCUT2D eigenvalue weighted by Crippen LogP contribution is 2.32. The van der Waals surface area contributed by atoms with Crippen molar-refractivity contribution >= 4 is 40.0 Å². The van der Waals surface area contributed by atoms with E-state index in [9.17, 15) is 4.79 Å². The van der Waals surface area contributed by atoms with Crippen LogP contribution in [0.2, 0.25) is 5.15 Å². The van der Waals surface area contributed by atoms with Gasteiger partial charge in [0.15, 0.2) is 0 Å². The Labute approximate surface area is 246 Å². The highest BCUT2D eigenvalue weighted by atomic mass is 35.5. The number of para-hydroxylation sites is 1. The van der Waals surface area contributed by atoms with Gasteiger partial charge in [-0.2, -0.15) is 0 Å². The third-order valence-corrected chi connectivity index (χ3v) is 8.69. The van der Waals surface area contributed by atoms with Gasteiger partial charge in [-0.05, 0) is 80.5 Å². The number of nitrogens with one attached hydrogen (secondary N) is 3. The molecule has 6 rings (SSSR count). The first-order valence-corrected chi connectivity index (χ1v) is 15.0. The van der Waals surface area contributed by atoms with Crippen molar-refractivity contribution in [1.29, 1.82) is 0 Å². The standard InChI is InChI=1S/C32H38ClN7O/c1-21-5-3-6-22(2)31(21)40-15-13-39(14-16-40)20-30(41)37-25-10-8-24(9-11-25)36-29-18-23(17-28(33)38-29)27-19-35-32-26(27)7-4-12-34-32/h3-7,12,17-19,24-25H,8-11,13-16,20H2,1-2H3,(H,34,35)(H,36,38)(H,37,41)/t24-,25-. The van der Waals surface area contributed by atoms with E-state index in [1.165, 1.54) is 16.8 Å². The van der Waals surface area contributed by atoms with Crippen molar-refractivity contribution in [2.75, 3.05) is 42.9 Å². The average molecular weight is 572 g/mol. The van der Waals surface area contributed by atoms with Gasteiger partial charge < -0.3 is 20.5 Å². The van der Waals surface area contributed by atoms with Gasteiger partial charge in [0.05, 0.1) is 6.54 Å². The predicted octanol–water partition coefficient (Wildman–Crippen LogP) is 5.56. The maximum Gasteiger partial charge on any atom is 0.234 e. The van der Waals surface area contributed by atoms with Crippen molar-refractivity contribution in [2.45, 2.75) is 51.6 Å². The summed E-state index contributed by atoms with van der Waals surface area (Å²) in [6.07, 6.45) is 7.59. The number of amides is 1. The van der Waals surface area contributed by atoms with Gasteiger partial charge in [0.1, 0.15) is 16.6 Å². The van der Waals surface area contributed by atoms with Crippen LogP contribution in [0.25, 0.3) is 22.2 Å². The summed E-state index contributed by atoms with van der Waals surface area (Å²) in [4.78, 5) is 29.8. The fourth-order valence-corrected chi connectivity index (χ4v) is 6.63. The maximum absolute atomic E-state index is 12.9. The molecule has 0 radical (unpaired) electrons. The number of aromatic nitrogens is 3. The Morgan fingerprint density at radius 3 is 2.49 bits per heavy atom. The number of hydrogen-bond donors (Lipinski definition) is 3. The zero-order valence-corrected chi connectivity index (χ0v) is 24.5. The number of aryl methyl sites for hydroxylation is 2. The number of halogens is 1. The Balaban J connectivity index is 0.973. The number of fused-ring (bicyclic) bond motifs is 1. The molecular weight excluding hydrogens is 534 g/mol. The first-order valence-electron chi connectivity index (χ1n) is 14.6. The van der Waals surface area contributed by atoms with E-state index in [0.29, 0.717) is 17.7 Å². The number of aromatic amines is 1. The number of carbonyl (C=O) groups is 1. The number of carbonyl (C=O) groups excluding carboxylic acids is 1. The number of H-pyrrole nitrogens is 1. The second kappa shape index (κ2) is 12.1. The van der Waals surface area contributed by atoms with Crippen LogP contribution in [0.15, 0.2) is 54.9 Å². The second-order valence-electron chi connectivity index (χ2n) is 11.4. The molecule has 8 nitrogen and oxygen atoms in total. The van der Waals surface area contributed by atoms with Gasteiger partial charge >= 0.3 is 0 Å². The van der Waals surface area contributed by atoms with Gasteiger partial charge in [-0.15, -0.1) is 0 Å². The summed E-state index contributed by atoms with van der Waals surface area (Å²) in [5, 5.41) is 8.40. The molecule has 1 aliphatic heterocycles. The SMILES string of the molecule is Cc1cccc(C)c1N1CCN(CC(=O)N[C@H]2CC[C@H](Nc3cc(-c4c[nH]c5ncccc45)cc(Cl)n3)CC2)CC1. The molecule has 4 heterocycles. The van der Waals surface area contributed by atoms with Crippen LogP contribution in [-0.2, 0) is 4.79 Å². The van der Waals surface area contributed by atoms with Crippen molar-refractivity contribution in [3.05, 3.63) is 71.1 Å². The molecular formula is C32H38ClN7O. The van der Waals surface area contributed by atoms with Gasteiger partial charge in [0.25, 0.3) is 0 Å². The molecule has 0 atom stereocenters. The highest BCUT2D eigenvalue weighted by Gasteiger charge is 2.25. The second-order valence-corrected chi connectivity index (χ2v) is 11.8. The molecule has 1 saturated carbocycles. The summed E-state index contributed by atoms with van der Waals surface area (Å²) >= 11 is 6.42. The van der Waals surface area contributed by atoms with E-state index >= 15 is 0 Å². The Kier molecular flexibility index (Phi) is 8.12. The molecule has 1 saturated heterocycles. The lowest BCUT2D eigenvalue weighted by molar-refractivity contribution is -0.123. The topological polar surface area (TPSA) is 89.2 Å². The van der Waals surface area contributed by atoms with Crippen LogP contribution in [0.5, 0.6) is 0 Å². The third-order valence-electron chi connectivity index (χ3n) is 8.50. The van der Waals surface area contributed by atoms with E-state index in [0.717, 1.165) is 79.8 Å². The van der Waals surface area contributed by atoms with E-state index in [2.05, 4.69) is 79.6 Å². The van der Waals surface area contributed by atoms with Crippen LogP contribution in [0, 0.1) is 13.8 Å². The molecule has 1 aromatic carbocycles. The monoisotopic (exact) mass is 571 g/mol. The lowest BCUT2D eigenvalue weighted by Gasteiger charge is -2.37. The minimum Gasteiger partial charge on any atom is -0.369 e. The van der Waals surface area contributed by atoms with Gasteiger partial charge in [-0.25, -0.2) is 9.97 Å². The number of hydrogen-bond acceptors (Lipinski definition) is 6. The van der Waals surface area contributed by atoms with Crippen LogP contribution < -0.4 is 15.5 Å². The fraction of sp³-hybridized carbons (Fsp3) is 0.406. The Bertz CT molecular complexity index is 1500. The fourth-order valence-electron chi connectivity index (χ4n) is 6.42. The number of piperazine rings is 1. The summed E-state index contributed by atoms with van der Waals surface area (Å²) < 4.78 is 0. The van der Waals surface area contributed by atoms with Gasteiger partial charge in [0.2, 0.25) is 5.91 Å². The molecule has 1 amide bonds. The molecule has 0 unspecified atom stereocenters. The van der Waals surface area contributed by atoms with Crippen molar-refractivity contribution in [2.24, 2.45) is 0 Å². The van der Waals surface area contributed by atoms with Crippen molar-refractivity contribution < 1.29 is 4.79 Å². The molecule has 214 valence electrons. The van der Waals surface area contributed by atoms with E-state index in [-0.39, 0.29) is 11.9 Å². The highest BCUT2D eigenvalue weighted by molar-refractivity contribution is 6.29. The zero-order chi connectivity index (χ0) is 28.3. The molecule has 0 bridgehead atoms. The van der Waals surface area contributed by atoms with E-state index in [1.54, 1.807) is 6.20 Å². The third kappa shape index (κ3) is 6.34. The summed E-state index contributed by atoms with van der Waals surface area (Å²) in [7, 11) is 0. The minimum absolute atomic E-state index is 0.135. The number of anilines is 2. The van der Waals surface area contributed by atoms with E-state index < -0.39 is 0 Å². The predicted molar refractivity (Wildman–Crippen MR) is 167 cm³/mol. The number of nitrogens with zero attached hydrogens (tertiary/aromatic N) is 4. The van der Waals surface area contributed by atoms with Gasteiger partial charge in [-0.1, -0.05) is 29.8 Å². The van der Waals surface area contributed by atoms with E-state index in [4.69, 9.17) is 11.6 Å². The maximum atomic E-state index is 12.9. The van der Waals surface area contributed by atoms with Gasteiger partial charge in [0, 0.05) is 67.3 Å². The summed E-state index contributed by atoms with van der Waals surface area (Å²) in [6, 6.07) is 14.9. The zero-order valence-electron chi connectivity index (χ0n) is 23.8. The molecule has 3 aromatic heterocycles. The Morgan fingerprint density at radius 1 is 1.00 bits per heavy atom. The first kappa shape index (κ1) is 27.5. The molecule has 4 aromatic rings. The number of benzene rings is 1. The van der Waals surface area contributed by atoms with Crippen LogP contribution in [0.1, 0.15) is 36.8 Å². The largest absolute Gasteiger partial charge is 0.369 e. The quantitative estimate of drug-likeness (QED) is 0.252.